The molecule has 1 aromatic carbocycles. The van der Waals surface area contributed by atoms with Crippen molar-refractivity contribution in [3.8, 4) is 11.8 Å². The van der Waals surface area contributed by atoms with E-state index in [1.807, 2.05) is 24.3 Å². The van der Waals surface area contributed by atoms with Gasteiger partial charge in [0.1, 0.15) is 0 Å². The number of hydrogen-bond donors (Lipinski definition) is 1. The number of aliphatic carboxylic acids is 1. The van der Waals surface area contributed by atoms with Gasteiger partial charge in [-0.1, -0.05) is 12.0 Å². The molecule has 0 fully saturated rings. The third-order valence-corrected chi connectivity index (χ3v) is 1.92. The van der Waals surface area contributed by atoms with Gasteiger partial charge < -0.3 is 5.11 Å². The lowest BCUT2D eigenvalue weighted by atomic mass is 10.1. The van der Waals surface area contributed by atoms with Crippen LogP contribution in [0.25, 0.3) is 10.9 Å². The summed E-state index contributed by atoms with van der Waals surface area (Å²) >= 11 is 0. The number of nitrogens with zero attached hydrogens (tertiary/aromatic N) is 1. The summed E-state index contributed by atoms with van der Waals surface area (Å²) in [5, 5.41) is 9.36. The van der Waals surface area contributed by atoms with Gasteiger partial charge in [-0.05, 0) is 24.3 Å². The molecule has 1 heterocycles. The van der Waals surface area contributed by atoms with E-state index in [0.717, 1.165) is 10.9 Å². The Balaban J connectivity index is 2.49. The van der Waals surface area contributed by atoms with Gasteiger partial charge in [0, 0.05) is 23.1 Å². The summed E-state index contributed by atoms with van der Waals surface area (Å²) < 4.78 is 0. The molecule has 0 aliphatic carbocycles. The van der Waals surface area contributed by atoms with Gasteiger partial charge in [0.25, 0.3) is 0 Å². The quantitative estimate of drug-likeness (QED) is 0.653. The third kappa shape index (κ3) is 2.12. The van der Waals surface area contributed by atoms with Crippen molar-refractivity contribution in [3.05, 3.63) is 42.1 Å². The van der Waals surface area contributed by atoms with Crippen LogP contribution in [0, 0.1) is 11.8 Å². The molecule has 0 unspecified atom stereocenters. The van der Waals surface area contributed by atoms with E-state index >= 15 is 0 Å². The summed E-state index contributed by atoms with van der Waals surface area (Å²) in [5.41, 5.74) is 1.55. The van der Waals surface area contributed by atoms with Gasteiger partial charge in [-0.2, -0.15) is 0 Å². The monoisotopic (exact) mass is 197 g/mol. The molecule has 1 N–H and O–H groups in total. The van der Waals surface area contributed by atoms with Gasteiger partial charge in [-0.3, -0.25) is 4.98 Å². The molecule has 0 saturated carbocycles. The van der Waals surface area contributed by atoms with E-state index in [2.05, 4.69) is 16.8 Å². The average Bonchev–Trinajstić information content (AvgIpc) is 2.26. The minimum atomic E-state index is -1.12. The standard InChI is InChI=1S/C12H7NO2/c14-12(15)6-4-9-3-5-11-10(8-9)2-1-7-13-11/h1-3,5,7-8H,(H,14,15). The average molecular weight is 197 g/mol. The van der Waals surface area contributed by atoms with Crippen molar-refractivity contribution in [2.75, 3.05) is 0 Å². The molecule has 2 rings (SSSR count). The van der Waals surface area contributed by atoms with Crippen molar-refractivity contribution >= 4 is 16.9 Å². The summed E-state index contributed by atoms with van der Waals surface area (Å²) in [7, 11) is 0. The van der Waals surface area contributed by atoms with E-state index in [0.29, 0.717) is 5.56 Å². The van der Waals surface area contributed by atoms with Gasteiger partial charge in [0.05, 0.1) is 5.52 Å². The van der Waals surface area contributed by atoms with Crippen molar-refractivity contribution in [2.24, 2.45) is 0 Å². The highest BCUT2D eigenvalue weighted by molar-refractivity contribution is 5.88. The predicted octanol–water partition coefficient (Wildman–Crippen LogP) is 1.67. The first kappa shape index (κ1) is 9.22. The van der Waals surface area contributed by atoms with Crippen LogP contribution in [0.3, 0.4) is 0 Å². The number of pyridine rings is 1. The highest BCUT2D eigenvalue weighted by Crippen LogP contribution is 2.12. The Labute approximate surface area is 86.4 Å². The second-order valence-corrected chi connectivity index (χ2v) is 2.97. The molecule has 72 valence electrons. The molecule has 0 atom stereocenters. The maximum absolute atomic E-state index is 10.3. The summed E-state index contributed by atoms with van der Waals surface area (Å²) in [4.78, 5) is 14.4. The number of fused-ring (bicyclic) bond motifs is 1. The molecule has 3 nitrogen and oxygen atoms in total. The number of hydrogen-bond acceptors (Lipinski definition) is 2. The van der Waals surface area contributed by atoms with Crippen LogP contribution in [0.5, 0.6) is 0 Å². The molecule has 0 spiro atoms. The van der Waals surface area contributed by atoms with Crippen LogP contribution in [0.2, 0.25) is 0 Å². The Morgan fingerprint density at radius 3 is 3.00 bits per heavy atom. The summed E-state index contributed by atoms with van der Waals surface area (Å²) in [6.07, 6.45) is 1.71. The molecule has 0 aliphatic heterocycles. The molecule has 3 heteroatoms. The van der Waals surface area contributed by atoms with Crippen molar-refractivity contribution in [3.63, 3.8) is 0 Å². The maximum Gasteiger partial charge on any atom is 0.382 e. The number of carboxylic acids is 1. The first-order valence-electron chi connectivity index (χ1n) is 4.35. The minimum Gasteiger partial charge on any atom is -0.472 e. The van der Waals surface area contributed by atoms with Crippen LogP contribution in [0.1, 0.15) is 5.56 Å². The van der Waals surface area contributed by atoms with Crippen molar-refractivity contribution in [1.82, 2.24) is 4.98 Å². The molecule has 1 aromatic heterocycles. The highest BCUT2D eigenvalue weighted by atomic mass is 16.4. The van der Waals surface area contributed by atoms with Crippen LogP contribution in [0.4, 0.5) is 0 Å². The molecule has 0 aliphatic rings. The van der Waals surface area contributed by atoms with Crippen molar-refractivity contribution in [2.45, 2.75) is 0 Å². The zero-order valence-corrected chi connectivity index (χ0v) is 7.77. The van der Waals surface area contributed by atoms with Crippen LogP contribution in [-0.2, 0) is 4.79 Å². The lowest BCUT2D eigenvalue weighted by molar-refractivity contribution is -0.130. The fourth-order valence-corrected chi connectivity index (χ4v) is 1.28. The van der Waals surface area contributed by atoms with E-state index in [-0.39, 0.29) is 0 Å². The van der Waals surface area contributed by atoms with Gasteiger partial charge >= 0.3 is 5.97 Å². The summed E-state index contributed by atoms with van der Waals surface area (Å²) in [6.45, 7) is 0. The van der Waals surface area contributed by atoms with Gasteiger partial charge in [0.2, 0.25) is 0 Å². The zero-order valence-electron chi connectivity index (χ0n) is 7.77. The Hall–Kier alpha value is -2.34. The molecule has 15 heavy (non-hydrogen) atoms. The van der Waals surface area contributed by atoms with E-state index < -0.39 is 5.97 Å². The topological polar surface area (TPSA) is 50.2 Å². The normalized spacial score (nSPS) is 9.33. The van der Waals surface area contributed by atoms with E-state index in [1.165, 1.54) is 0 Å². The van der Waals surface area contributed by atoms with Crippen LogP contribution >= 0.6 is 0 Å². The Morgan fingerprint density at radius 2 is 2.20 bits per heavy atom. The lowest BCUT2D eigenvalue weighted by Crippen LogP contribution is -1.87. The van der Waals surface area contributed by atoms with Crippen molar-refractivity contribution in [1.29, 1.82) is 0 Å². The molecule has 0 amide bonds. The number of carboxylic acid groups (broad SMARTS) is 1. The number of benzene rings is 1. The van der Waals surface area contributed by atoms with Gasteiger partial charge in [-0.15, -0.1) is 0 Å². The predicted molar refractivity (Wildman–Crippen MR) is 56.3 cm³/mol. The Bertz CT molecular complexity index is 579. The largest absolute Gasteiger partial charge is 0.472 e. The Morgan fingerprint density at radius 1 is 1.33 bits per heavy atom. The molecule has 0 bridgehead atoms. The molecular formula is C12H7NO2. The number of carbonyl (C=O) groups is 1. The van der Waals surface area contributed by atoms with E-state index in [4.69, 9.17) is 5.11 Å². The molecule has 0 radical (unpaired) electrons. The first-order valence-corrected chi connectivity index (χ1v) is 4.35. The van der Waals surface area contributed by atoms with Crippen molar-refractivity contribution < 1.29 is 9.90 Å². The van der Waals surface area contributed by atoms with Crippen LogP contribution in [-0.4, -0.2) is 16.1 Å². The summed E-state index contributed by atoms with van der Waals surface area (Å²) in [5.74, 6) is 3.51. The molecule has 0 saturated heterocycles. The molecular weight excluding hydrogens is 190 g/mol. The summed E-state index contributed by atoms with van der Waals surface area (Å²) in [6, 6.07) is 9.13. The second kappa shape index (κ2) is 3.81. The maximum atomic E-state index is 10.3. The second-order valence-electron chi connectivity index (χ2n) is 2.97. The fourth-order valence-electron chi connectivity index (χ4n) is 1.28. The molecule has 2 aromatic rings. The SMILES string of the molecule is O=C(O)C#Cc1ccc2ncccc2c1. The van der Waals surface area contributed by atoms with Crippen LogP contribution < -0.4 is 0 Å². The van der Waals surface area contributed by atoms with E-state index in [9.17, 15) is 4.79 Å². The smallest absolute Gasteiger partial charge is 0.382 e. The first-order chi connectivity index (χ1) is 7.25. The third-order valence-electron chi connectivity index (χ3n) is 1.92. The lowest BCUT2D eigenvalue weighted by Gasteiger charge is -1.95. The Kier molecular flexibility index (Phi) is 2.34. The number of aromatic nitrogens is 1. The number of rotatable bonds is 0. The highest BCUT2D eigenvalue weighted by Gasteiger charge is 1.94. The fraction of sp³-hybridized carbons (Fsp3) is 0. The zero-order chi connectivity index (χ0) is 10.7. The van der Waals surface area contributed by atoms with E-state index in [1.54, 1.807) is 12.3 Å². The van der Waals surface area contributed by atoms with Crippen LogP contribution in [0.15, 0.2) is 36.5 Å². The van der Waals surface area contributed by atoms with Gasteiger partial charge in [0.15, 0.2) is 0 Å². The van der Waals surface area contributed by atoms with Gasteiger partial charge in [-0.25, -0.2) is 4.79 Å². The minimum absolute atomic E-state index is 0.679.